The highest BCUT2D eigenvalue weighted by Crippen LogP contribution is 2.42. The van der Waals surface area contributed by atoms with Crippen molar-refractivity contribution >= 4 is 11.6 Å². The Bertz CT molecular complexity index is 610. The molecule has 0 N–H and O–H groups in total. The average molecular weight is 268 g/mol. The lowest BCUT2D eigenvalue weighted by molar-refractivity contribution is 0.0945. The minimum Gasteiger partial charge on any atom is -0.289 e. The highest BCUT2D eigenvalue weighted by molar-refractivity contribution is 6.27. The molecule has 0 aromatic heterocycles. The van der Waals surface area contributed by atoms with E-state index in [-0.39, 0.29) is 17.5 Å². The molecule has 20 heavy (non-hydrogen) atoms. The van der Waals surface area contributed by atoms with Gasteiger partial charge in [-0.25, -0.2) is 0 Å². The van der Waals surface area contributed by atoms with Gasteiger partial charge in [-0.15, -0.1) is 0 Å². The van der Waals surface area contributed by atoms with E-state index in [0.717, 1.165) is 36.8 Å². The van der Waals surface area contributed by atoms with E-state index in [2.05, 4.69) is 13.8 Å². The maximum Gasteiger partial charge on any atom is 0.190 e. The lowest BCUT2D eigenvalue weighted by Gasteiger charge is -2.34. The fourth-order valence-corrected chi connectivity index (χ4v) is 3.65. The van der Waals surface area contributed by atoms with Crippen LogP contribution in [0.3, 0.4) is 0 Å². The van der Waals surface area contributed by atoms with Gasteiger partial charge in [-0.3, -0.25) is 9.59 Å². The lowest BCUT2D eigenvalue weighted by atomic mass is 9.68. The Labute approximate surface area is 119 Å². The van der Waals surface area contributed by atoms with Crippen molar-refractivity contribution in [3.05, 3.63) is 46.5 Å². The number of hydrogen-bond acceptors (Lipinski definition) is 2. The number of carbonyl (C=O) groups is 2. The monoisotopic (exact) mass is 268 g/mol. The van der Waals surface area contributed by atoms with Crippen molar-refractivity contribution in [2.75, 3.05) is 0 Å². The Morgan fingerprint density at radius 1 is 1.00 bits per heavy atom. The third kappa shape index (κ3) is 1.86. The first-order valence-corrected chi connectivity index (χ1v) is 7.58. The van der Waals surface area contributed by atoms with Crippen LogP contribution in [0.4, 0.5) is 0 Å². The Hall–Kier alpha value is -1.70. The molecule has 0 amide bonds. The highest BCUT2D eigenvalue weighted by Gasteiger charge is 2.39. The average Bonchev–Trinajstić information content (AvgIpc) is 2.51. The van der Waals surface area contributed by atoms with E-state index in [1.54, 1.807) is 12.1 Å². The van der Waals surface area contributed by atoms with E-state index in [4.69, 9.17) is 0 Å². The number of hydrogen-bond donors (Lipinski definition) is 0. The molecule has 0 fully saturated rings. The van der Waals surface area contributed by atoms with Crippen molar-refractivity contribution < 1.29 is 9.59 Å². The summed E-state index contributed by atoms with van der Waals surface area (Å²) in [6.07, 6.45) is 3.85. The highest BCUT2D eigenvalue weighted by atomic mass is 16.1. The number of ketones is 2. The Morgan fingerprint density at radius 3 is 2.25 bits per heavy atom. The number of carbonyl (C=O) groups excluding carboxylic acids is 2. The zero-order valence-corrected chi connectivity index (χ0v) is 12.1. The minimum absolute atomic E-state index is 0.0896. The predicted molar refractivity (Wildman–Crippen MR) is 78.9 cm³/mol. The maximum atomic E-state index is 12.8. The van der Waals surface area contributed by atoms with Gasteiger partial charge in [0.1, 0.15) is 0 Å². The summed E-state index contributed by atoms with van der Waals surface area (Å²) in [5.41, 5.74) is 2.83. The zero-order chi connectivity index (χ0) is 14.3. The minimum atomic E-state index is 0.0896. The first kappa shape index (κ1) is 13.3. The predicted octanol–water partition coefficient (Wildman–Crippen LogP) is 4.21. The Morgan fingerprint density at radius 2 is 1.65 bits per heavy atom. The molecule has 2 unspecified atom stereocenters. The van der Waals surface area contributed by atoms with Gasteiger partial charge in [-0.05, 0) is 31.1 Å². The SMILES string of the molecule is CCC1CC2=C(C(=O)c3ccccc3C2=O)C(CC)C1. The third-order valence-corrected chi connectivity index (χ3v) is 4.85. The molecule has 0 spiro atoms. The summed E-state index contributed by atoms with van der Waals surface area (Å²) < 4.78 is 0. The van der Waals surface area contributed by atoms with Crippen LogP contribution < -0.4 is 0 Å². The van der Waals surface area contributed by atoms with Crippen LogP contribution in [0.5, 0.6) is 0 Å². The summed E-state index contributed by atoms with van der Waals surface area (Å²) in [5, 5.41) is 0. The van der Waals surface area contributed by atoms with Crippen molar-refractivity contribution in [3.63, 3.8) is 0 Å². The molecular formula is C18H20O2. The van der Waals surface area contributed by atoms with Crippen molar-refractivity contribution in [2.24, 2.45) is 11.8 Å². The molecule has 3 rings (SSSR count). The number of Topliss-reactive ketones (excluding diaryl/α,β-unsaturated/α-hetero) is 2. The number of benzene rings is 1. The van der Waals surface area contributed by atoms with E-state index >= 15 is 0 Å². The molecule has 104 valence electrons. The number of allylic oxidation sites excluding steroid dienone is 2. The van der Waals surface area contributed by atoms with Gasteiger partial charge in [0.05, 0.1) is 0 Å². The van der Waals surface area contributed by atoms with Gasteiger partial charge < -0.3 is 0 Å². The maximum absolute atomic E-state index is 12.8. The summed E-state index contributed by atoms with van der Waals surface area (Å²) in [4.78, 5) is 25.5. The van der Waals surface area contributed by atoms with Gasteiger partial charge in [0, 0.05) is 22.3 Å². The first-order chi connectivity index (χ1) is 9.67. The molecule has 0 bridgehead atoms. The van der Waals surface area contributed by atoms with Crippen LogP contribution in [0.2, 0.25) is 0 Å². The van der Waals surface area contributed by atoms with Gasteiger partial charge in [0.25, 0.3) is 0 Å². The second kappa shape index (κ2) is 5.01. The zero-order valence-electron chi connectivity index (χ0n) is 12.1. The lowest BCUT2D eigenvalue weighted by Crippen LogP contribution is -2.31. The van der Waals surface area contributed by atoms with Crippen LogP contribution in [0, 0.1) is 11.8 Å². The summed E-state index contributed by atoms with van der Waals surface area (Å²) in [6, 6.07) is 7.26. The van der Waals surface area contributed by atoms with Crippen LogP contribution in [0.25, 0.3) is 0 Å². The fraction of sp³-hybridized carbons (Fsp3) is 0.444. The first-order valence-electron chi connectivity index (χ1n) is 7.58. The summed E-state index contributed by atoms with van der Waals surface area (Å²) in [7, 11) is 0. The van der Waals surface area contributed by atoms with Crippen LogP contribution in [-0.4, -0.2) is 11.6 Å². The third-order valence-electron chi connectivity index (χ3n) is 4.85. The Kier molecular flexibility index (Phi) is 3.33. The quantitative estimate of drug-likeness (QED) is 0.805. The molecule has 0 radical (unpaired) electrons. The van der Waals surface area contributed by atoms with Gasteiger partial charge in [-0.1, -0.05) is 44.5 Å². The van der Waals surface area contributed by atoms with E-state index in [0.29, 0.717) is 17.0 Å². The molecule has 0 saturated heterocycles. The van der Waals surface area contributed by atoms with Gasteiger partial charge >= 0.3 is 0 Å². The smallest absolute Gasteiger partial charge is 0.190 e. The van der Waals surface area contributed by atoms with Crippen molar-refractivity contribution in [1.29, 1.82) is 0 Å². The van der Waals surface area contributed by atoms with Gasteiger partial charge in [0.2, 0.25) is 0 Å². The number of fused-ring (bicyclic) bond motifs is 1. The van der Waals surface area contributed by atoms with E-state index in [1.807, 2.05) is 12.1 Å². The fourth-order valence-electron chi connectivity index (χ4n) is 3.65. The van der Waals surface area contributed by atoms with Gasteiger partial charge in [-0.2, -0.15) is 0 Å². The molecule has 1 aromatic rings. The molecular weight excluding hydrogens is 248 g/mol. The van der Waals surface area contributed by atoms with Crippen LogP contribution in [-0.2, 0) is 0 Å². The summed E-state index contributed by atoms with van der Waals surface area (Å²) in [6.45, 7) is 4.29. The molecule has 1 aromatic carbocycles. The molecule has 0 heterocycles. The van der Waals surface area contributed by atoms with E-state index < -0.39 is 0 Å². The summed E-state index contributed by atoms with van der Waals surface area (Å²) >= 11 is 0. The molecule has 2 nitrogen and oxygen atoms in total. The largest absolute Gasteiger partial charge is 0.289 e. The molecule has 0 aliphatic heterocycles. The van der Waals surface area contributed by atoms with Crippen LogP contribution in [0.15, 0.2) is 35.4 Å². The van der Waals surface area contributed by atoms with Crippen molar-refractivity contribution in [2.45, 2.75) is 39.5 Å². The second-order valence-electron chi connectivity index (χ2n) is 5.92. The molecule has 2 atom stereocenters. The summed E-state index contributed by atoms with van der Waals surface area (Å²) in [5.74, 6) is 0.984. The van der Waals surface area contributed by atoms with Gasteiger partial charge in [0.15, 0.2) is 11.6 Å². The van der Waals surface area contributed by atoms with Crippen molar-refractivity contribution in [3.8, 4) is 0 Å². The molecule has 2 heteroatoms. The van der Waals surface area contributed by atoms with Crippen LogP contribution >= 0.6 is 0 Å². The normalized spacial score (nSPS) is 25.5. The van der Waals surface area contributed by atoms with Crippen molar-refractivity contribution in [1.82, 2.24) is 0 Å². The topological polar surface area (TPSA) is 34.1 Å². The van der Waals surface area contributed by atoms with E-state index in [1.165, 1.54) is 0 Å². The molecule has 2 aliphatic rings. The Balaban J connectivity index is 2.14. The van der Waals surface area contributed by atoms with Crippen LogP contribution in [0.1, 0.15) is 60.2 Å². The number of rotatable bonds is 2. The molecule has 2 aliphatic carbocycles. The standard InChI is InChI=1S/C18H20O2/c1-3-11-9-12(4-2)16-15(10-11)17(19)13-7-5-6-8-14(13)18(16)20/h5-8,11-12H,3-4,9-10H2,1-2H3. The molecule has 0 saturated carbocycles. The van der Waals surface area contributed by atoms with E-state index in [9.17, 15) is 9.59 Å². The second-order valence-corrected chi connectivity index (χ2v) is 5.92.